The molecule has 2 aromatic heterocycles. The Kier molecular flexibility index (Phi) is 3.57. The molecule has 2 heterocycles. The fourth-order valence-electron chi connectivity index (χ4n) is 1.88. The van der Waals surface area contributed by atoms with Gasteiger partial charge in [-0.15, -0.1) is 0 Å². The minimum atomic E-state index is 0.676. The number of rotatable bonds is 4. The fourth-order valence-corrected chi connectivity index (χ4v) is 2.64. The molecule has 0 fully saturated rings. The van der Waals surface area contributed by atoms with Gasteiger partial charge in [-0.2, -0.15) is 8.75 Å². The number of nitrogens with one attached hydrogen (secondary N) is 1. The minimum Gasteiger partial charge on any atom is -0.382 e. The molecule has 1 N–H and O–H groups in total. The van der Waals surface area contributed by atoms with Crippen LogP contribution in [0, 0.1) is 0 Å². The molecule has 0 amide bonds. The fraction of sp³-hybridized carbons (Fsp3) is 0.154. The Hall–Kier alpha value is -1.72. The number of hydrogen-bond acceptors (Lipinski definition) is 5. The first-order chi connectivity index (χ1) is 9.34. The molecule has 19 heavy (non-hydrogen) atoms. The Morgan fingerprint density at radius 1 is 1.11 bits per heavy atom. The second-order valence-corrected chi connectivity index (χ2v) is 5.02. The molecule has 0 atom stereocenters. The normalized spacial score (nSPS) is 10.8. The monoisotopic (exact) mass is 290 g/mol. The van der Waals surface area contributed by atoms with E-state index in [0.29, 0.717) is 5.02 Å². The molecule has 0 bridgehead atoms. The van der Waals surface area contributed by atoms with Gasteiger partial charge in [0, 0.05) is 18.9 Å². The van der Waals surface area contributed by atoms with Crippen LogP contribution in [0.15, 0.2) is 36.7 Å². The zero-order valence-electron chi connectivity index (χ0n) is 10.0. The summed E-state index contributed by atoms with van der Waals surface area (Å²) in [4.78, 5) is 4.00. The van der Waals surface area contributed by atoms with Crippen LogP contribution in [0.5, 0.6) is 0 Å². The molecule has 0 aliphatic heterocycles. The summed E-state index contributed by atoms with van der Waals surface area (Å²) in [6.07, 6.45) is 4.51. The first-order valence-corrected chi connectivity index (χ1v) is 6.99. The lowest BCUT2D eigenvalue weighted by atomic mass is 10.2. The quantitative estimate of drug-likeness (QED) is 0.800. The van der Waals surface area contributed by atoms with E-state index in [1.807, 2.05) is 24.3 Å². The summed E-state index contributed by atoms with van der Waals surface area (Å²) in [5.74, 6) is 0. The first kappa shape index (κ1) is 12.3. The first-order valence-electron chi connectivity index (χ1n) is 5.88. The number of fused-ring (bicyclic) bond motifs is 1. The van der Waals surface area contributed by atoms with Gasteiger partial charge in [-0.25, -0.2) is 0 Å². The maximum atomic E-state index is 6.21. The van der Waals surface area contributed by atoms with Crippen LogP contribution >= 0.6 is 23.3 Å². The van der Waals surface area contributed by atoms with E-state index in [0.717, 1.165) is 29.7 Å². The van der Waals surface area contributed by atoms with Crippen LogP contribution in [0.3, 0.4) is 0 Å². The molecule has 6 heteroatoms. The maximum Gasteiger partial charge on any atom is 0.129 e. The van der Waals surface area contributed by atoms with Gasteiger partial charge in [-0.1, -0.05) is 11.6 Å². The van der Waals surface area contributed by atoms with Gasteiger partial charge in [0.2, 0.25) is 0 Å². The molecular weight excluding hydrogens is 280 g/mol. The van der Waals surface area contributed by atoms with Crippen molar-refractivity contribution in [3.63, 3.8) is 0 Å². The van der Waals surface area contributed by atoms with Crippen LogP contribution in [0.25, 0.3) is 11.0 Å². The molecule has 4 nitrogen and oxygen atoms in total. The Morgan fingerprint density at radius 3 is 2.79 bits per heavy atom. The lowest BCUT2D eigenvalue weighted by Crippen LogP contribution is -2.05. The molecule has 96 valence electrons. The summed E-state index contributed by atoms with van der Waals surface area (Å²) >= 11 is 7.40. The third kappa shape index (κ3) is 2.67. The largest absolute Gasteiger partial charge is 0.382 e. The summed E-state index contributed by atoms with van der Waals surface area (Å²) in [7, 11) is 0. The molecule has 0 aliphatic carbocycles. The predicted molar refractivity (Wildman–Crippen MR) is 78.9 cm³/mol. The highest BCUT2D eigenvalue weighted by molar-refractivity contribution is 7.00. The summed E-state index contributed by atoms with van der Waals surface area (Å²) in [6, 6.07) is 7.75. The maximum absolute atomic E-state index is 6.21. The number of hydrogen-bond donors (Lipinski definition) is 1. The van der Waals surface area contributed by atoms with Crippen LogP contribution in [0.2, 0.25) is 5.02 Å². The molecule has 0 aliphatic rings. The molecule has 0 saturated carbocycles. The van der Waals surface area contributed by atoms with Gasteiger partial charge < -0.3 is 5.32 Å². The number of halogens is 1. The Bertz CT molecular complexity index is 683. The van der Waals surface area contributed by atoms with E-state index >= 15 is 0 Å². The summed E-state index contributed by atoms with van der Waals surface area (Å²) in [5, 5.41) is 4.02. The Labute approximate surface area is 119 Å². The van der Waals surface area contributed by atoms with E-state index < -0.39 is 0 Å². The van der Waals surface area contributed by atoms with Crippen molar-refractivity contribution in [2.24, 2.45) is 0 Å². The van der Waals surface area contributed by atoms with Gasteiger partial charge in [0.05, 0.1) is 22.4 Å². The van der Waals surface area contributed by atoms with E-state index in [4.69, 9.17) is 11.6 Å². The highest BCUT2D eigenvalue weighted by atomic mass is 35.5. The highest BCUT2D eigenvalue weighted by Gasteiger charge is 2.09. The number of nitrogens with zero attached hydrogens (tertiary/aromatic N) is 3. The Balaban J connectivity index is 1.75. The van der Waals surface area contributed by atoms with Crippen molar-refractivity contribution in [1.82, 2.24) is 13.7 Å². The smallest absolute Gasteiger partial charge is 0.129 e. The number of pyridine rings is 1. The number of benzene rings is 1. The van der Waals surface area contributed by atoms with Gasteiger partial charge in [0.1, 0.15) is 11.0 Å². The molecular formula is C13H11ClN4S. The SMILES string of the molecule is Clc1ccc2nsnc2c1NCCc1ccncc1. The van der Waals surface area contributed by atoms with Crippen molar-refractivity contribution in [1.29, 1.82) is 0 Å². The summed E-state index contributed by atoms with van der Waals surface area (Å²) < 4.78 is 8.49. The van der Waals surface area contributed by atoms with Crippen LogP contribution in [0.1, 0.15) is 5.56 Å². The van der Waals surface area contributed by atoms with Crippen molar-refractivity contribution in [3.8, 4) is 0 Å². The zero-order chi connectivity index (χ0) is 13.1. The second-order valence-electron chi connectivity index (χ2n) is 4.09. The number of aromatic nitrogens is 3. The Morgan fingerprint density at radius 2 is 1.95 bits per heavy atom. The van der Waals surface area contributed by atoms with E-state index in [1.165, 1.54) is 17.3 Å². The lowest BCUT2D eigenvalue weighted by molar-refractivity contribution is 1.01. The van der Waals surface area contributed by atoms with E-state index in [-0.39, 0.29) is 0 Å². The van der Waals surface area contributed by atoms with Crippen molar-refractivity contribution in [2.75, 3.05) is 11.9 Å². The standard InChI is InChI=1S/C13H11ClN4S/c14-10-1-2-11-13(18-19-17-11)12(10)16-8-5-9-3-6-15-7-4-9/h1-4,6-7,16H,5,8H2. The molecule has 0 spiro atoms. The molecule has 1 aromatic carbocycles. The second kappa shape index (κ2) is 5.50. The van der Waals surface area contributed by atoms with E-state index in [9.17, 15) is 0 Å². The molecule has 0 saturated heterocycles. The van der Waals surface area contributed by atoms with Gasteiger partial charge in [0.15, 0.2) is 0 Å². The summed E-state index contributed by atoms with van der Waals surface area (Å²) in [5.41, 5.74) is 3.82. The molecule has 0 unspecified atom stereocenters. The number of anilines is 1. The van der Waals surface area contributed by atoms with Crippen LogP contribution < -0.4 is 5.32 Å². The average Bonchev–Trinajstić information content (AvgIpc) is 2.91. The van der Waals surface area contributed by atoms with Gasteiger partial charge in [-0.3, -0.25) is 4.98 Å². The third-order valence-electron chi connectivity index (χ3n) is 2.84. The van der Waals surface area contributed by atoms with E-state index in [2.05, 4.69) is 19.0 Å². The van der Waals surface area contributed by atoms with E-state index in [1.54, 1.807) is 12.4 Å². The van der Waals surface area contributed by atoms with Gasteiger partial charge in [-0.05, 0) is 36.2 Å². The third-order valence-corrected chi connectivity index (χ3v) is 3.70. The van der Waals surface area contributed by atoms with Crippen molar-refractivity contribution >= 4 is 40.0 Å². The van der Waals surface area contributed by atoms with Gasteiger partial charge in [0.25, 0.3) is 0 Å². The average molecular weight is 291 g/mol. The summed E-state index contributed by atoms with van der Waals surface area (Å²) in [6.45, 7) is 0.792. The van der Waals surface area contributed by atoms with Crippen LogP contribution in [-0.2, 0) is 6.42 Å². The van der Waals surface area contributed by atoms with Gasteiger partial charge >= 0.3 is 0 Å². The minimum absolute atomic E-state index is 0.676. The zero-order valence-corrected chi connectivity index (χ0v) is 11.6. The van der Waals surface area contributed by atoms with Crippen molar-refractivity contribution < 1.29 is 0 Å². The topological polar surface area (TPSA) is 50.7 Å². The molecule has 0 radical (unpaired) electrons. The van der Waals surface area contributed by atoms with Crippen molar-refractivity contribution in [2.45, 2.75) is 6.42 Å². The molecule has 3 aromatic rings. The highest BCUT2D eigenvalue weighted by Crippen LogP contribution is 2.29. The van der Waals surface area contributed by atoms with Crippen LogP contribution in [-0.4, -0.2) is 20.3 Å². The predicted octanol–water partition coefficient (Wildman–Crippen LogP) is 3.39. The molecule has 3 rings (SSSR count). The van der Waals surface area contributed by atoms with Crippen LogP contribution in [0.4, 0.5) is 5.69 Å². The van der Waals surface area contributed by atoms with Crippen molar-refractivity contribution in [3.05, 3.63) is 47.2 Å². The lowest BCUT2D eigenvalue weighted by Gasteiger charge is -2.08.